The molecule has 0 fully saturated rings. The quantitative estimate of drug-likeness (QED) is 0.898. The summed E-state index contributed by atoms with van der Waals surface area (Å²) in [7, 11) is 1.60. The van der Waals surface area contributed by atoms with Crippen LogP contribution in [0.5, 0.6) is 0 Å². The third-order valence-electron chi connectivity index (χ3n) is 3.11. The van der Waals surface area contributed by atoms with Gasteiger partial charge >= 0.3 is 6.18 Å². The highest BCUT2D eigenvalue weighted by Gasteiger charge is 2.35. The number of aromatic nitrogens is 1. The van der Waals surface area contributed by atoms with E-state index in [-0.39, 0.29) is 11.9 Å². The molecule has 1 aromatic heterocycles. The Kier molecular flexibility index (Phi) is 5.17. The van der Waals surface area contributed by atoms with Crippen LogP contribution in [0.3, 0.4) is 0 Å². The van der Waals surface area contributed by atoms with Crippen molar-refractivity contribution in [3.8, 4) is 0 Å². The summed E-state index contributed by atoms with van der Waals surface area (Å²) < 4.78 is 38.5. The van der Waals surface area contributed by atoms with Crippen molar-refractivity contribution in [2.45, 2.75) is 32.5 Å². The first-order valence-corrected chi connectivity index (χ1v) is 6.22. The molecule has 108 valence electrons. The van der Waals surface area contributed by atoms with E-state index in [2.05, 4.69) is 4.98 Å². The Bertz CT molecular complexity index is 404. The van der Waals surface area contributed by atoms with E-state index < -0.39 is 11.7 Å². The number of anilines is 1. The number of hydrogen-bond acceptors (Lipinski definition) is 3. The zero-order valence-electron chi connectivity index (χ0n) is 11.4. The Labute approximate surface area is 111 Å². The van der Waals surface area contributed by atoms with Gasteiger partial charge in [-0.05, 0) is 24.5 Å². The molecular weight excluding hydrogens is 255 g/mol. The topological polar surface area (TPSA) is 42.1 Å². The van der Waals surface area contributed by atoms with Crippen molar-refractivity contribution in [2.24, 2.45) is 11.7 Å². The number of rotatable bonds is 5. The van der Waals surface area contributed by atoms with E-state index >= 15 is 0 Å². The molecule has 1 rings (SSSR count). The first-order chi connectivity index (χ1) is 8.73. The molecule has 0 aliphatic rings. The molecule has 19 heavy (non-hydrogen) atoms. The number of halogens is 3. The van der Waals surface area contributed by atoms with Crippen molar-refractivity contribution in [1.82, 2.24) is 4.98 Å². The van der Waals surface area contributed by atoms with Gasteiger partial charge in [-0.1, -0.05) is 13.8 Å². The lowest BCUT2D eigenvalue weighted by Gasteiger charge is -2.24. The fourth-order valence-corrected chi connectivity index (χ4v) is 1.70. The maximum Gasteiger partial charge on any atom is 0.419 e. The molecule has 6 heteroatoms. The summed E-state index contributed by atoms with van der Waals surface area (Å²) in [5, 5.41) is 0. The van der Waals surface area contributed by atoms with Crippen molar-refractivity contribution >= 4 is 5.82 Å². The van der Waals surface area contributed by atoms with Crippen LogP contribution in [0.1, 0.15) is 25.8 Å². The van der Waals surface area contributed by atoms with E-state index in [9.17, 15) is 13.2 Å². The lowest BCUT2D eigenvalue weighted by Crippen LogP contribution is -2.32. The minimum Gasteiger partial charge on any atom is -0.359 e. The molecule has 3 nitrogen and oxygen atoms in total. The van der Waals surface area contributed by atoms with Crippen LogP contribution >= 0.6 is 0 Å². The Morgan fingerprint density at radius 3 is 2.53 bits per heavy atom. The summed E-state index contributed by atoms with van der Waals surface area (Å²) in [5.74, 6) is 0.255. The monoisotopic (exact) mass is 275 g/mol. The first kappa shape index (κ1) is 15.8. The third kappa shape index (κ3) is 4.38. The number of nitrogens with zero attached hydrogens (tertiary/aromatic N) is 2. The summed E-state index contributed by atoms with van der Waals surface area (Å²) >= 11 is 0. The van der Waals surface area contributed by atoms with Gasteiger partial charge in [0.15, 0.2) is 0 Å². The Morgan fingerprint density at radius 2 is 2.00 bits per heavy atom. The van der Waals surface area contributed by atoms with Crippen LogP contribution in [0, 0.1) is 5.92 Å². The number of alkyl halides is 3. The van der Waals surface area contributed by atoms with Gasteiger partial charge in [0.05, 0.1) is 5.56 Å². The second-order valence-corrected chi connectivity index (χ2v) is 4.99. The minimum atomic E-state index is -4.39. The number of hydrogen-bond donors (Lipinski definition) is 1. The third-order valence-corrected chi connectivity index (χ3v) is 3.11. The zero-order valence-corrected chi connectivity index (χ0v) is 11.4. The van der Waals surface area contributed by atoms with Gasteiger partial charge in [-0.3, -0.25) is 0 Å². The SMILES string of the molecule is CC(C)C(N)CCN(C)c1ncccc1C(F)(F)F. The maximum atomic E-state index is 12.8. The molecule has 1 atom stereocenters. The first-order valence-electron chi connectivity index (χ1n) is 6.22. The molecule has 0 saturated carbocycles. The lowest BCUT2D eigenvalue weighted by molar-refractivity contribution is -0.137. The highest BCUT2D eigenvalue weighted by Crippen LogP contribution is 2.34. The fraction of sp³-hybridized carbons (Fsp3) is 0.615. The van der Waals surface area contributed by atoms with E-state index in [1.54, 1.807) is 7.05 Å². The number of nitrogens with two attached hydrogens (primary N) is 1. The molecule has 2 N–H and O–H groups in total. The molecule has 0 spiro atoms. The van der Waals surface area contributed by atoms with Crippen molar-refractivity contribution in [3.63, 3.8) is 0 Å². The Morgan fingerprint density at radius 1 is 1.37 bits per heavy atom. The van der Waals surface area contributed by atoms with Crippen molar-refractivity contribution in [3.05, 3.63) is 23.9 Å². The summed E-state index contributed by atoms with van der Waals surface area (Å²) in [6.45, 7) is 4.43. The molecule has 0 saturated heterocycles. The predicted molar refractivity (Wildman–Crippen MR) is 69.9 cm³/mol. The summed E-state index contributed by atoms with van der Waals surface area (Å²) in [4.78, 5) is 5.34. The van der Waals surface area contributed by atoms with Crippen LogP contribution in [0.25, 0.3) is 0 Å². The highest BCUT2D eigenvalue weighted by molar-refractivity contribution is 5.47. The zero-order chi connectivity index (χ0) is 14.6. The van der Waals surface area contributed by atoms with Gasteiger partial charge in [-0.25, -0.2) is 4.98 Å². The van der Waals surface area contributed by atoms with Gasteiger partial charge in [0.2, 0.25) is 0 Å². The Hall–Kier alpha value is -1.30. The standard InChI is InChI=1S/C13H20F3N3/c1-9(2)11(17)6-8-19(3)12-10(13(14,15)16)5-4-7-18-12/h4-5,7,9,11H,6,8,17H2,1-3H3. The van der Waals surface area contributed by atoms with Gasteiger partial charge in [0.25, 0.3) is 0 Å². The van der Waals surface area contributed by atoms with Crippen LogP contribution in [0.15, 0.2) is 18.3 Å². The molecule has 1 heterocycles. The van der Waals surface area contributed by atoms with Gasteiger partial charge in [-0.15, -0.1) is 0 Å². The molecule has 0 bridgehead atoms. The normalized spacial score (nSPS) is 13.7. The molecule has 0 aliphatic carbocycles. The molecule has 1 aromatic rings. The van der Waals surface area contributed by atoms with Crippen molar-refractivity contribution < 1.29 is 13.2 Å². The molecule has 1 unspecified atom stereocenters. The number of pyridine rings is 1. The van der Waals surface area contributed by atoms with Gasteiger partial charge in [0.1, 0.15) is 5.82 Å². The molecule has 0 amide bonds. The Balaban J connectivity index is 2.80. The van der Waals surface area contributed by atoms with E-state index in [1.807, 2.05) is 13.8 Å². The van der Waals surface area contributed by atoms with Gasteiger partial charge in [0, 0.05) is 25.8 Å². The van der Waals surface area contributed by atoms with E-state index in [4.69, 9.17) is 5.73 Å². The van der Waals surface area contributed by atoms with Crippen LogP contribution < -0.4 is 10.6 Å². The second-order valence-electron chi connectivity index (χ2n) is 4.99. The summed E-state index contributed by atoms with van der Waals surface area (Å²) in [6, 6.07) is 2.31. The average Bonchev–Trinajstić information content (AvgIpc) is 2.34. The van der Waals surface area contributed by atoms with Crippen molar-refractivity contribution in [1.29, 1.82) is 0 Å². The maximum absolute atomic E-state index is 12.8. The average molecular weight is 275 g/mol. The van der Waals surface area contributed by atoms with E-state index in [0.717, 1.165) is 6.07 Å². The van der Waals surface area contributed by atoms with Crippen LogP contribution in [-0.2, 0) is 6.18 Å². The summed E-state index contributed by atoms with van der Waals surface area (Å²) in [6.07, 6.45) is -2.40. The van der Waals surface area contributed by atoms with E-state index in [0.29, 0.717) is 18.9 Å². The lowest BCUT2D eigenvalue weighted by atomic mass is 10.0. The van der Waals surface area contributed by atoms with Crippen LogP contribution in [0.4, 0.5) is 19.0 Å². The van der Waals surface area contributed by atoms with Crippen molar-refractivity contribution in [2.75, 3.05) is 18.5 Å². The molecule has 0 aliphatic heterocycles. The fourth-order valence-electron chi connectivity index (χ4n) is 1.70. The van der Waals surface area contributed by atoms with Crippen LogP contribution in [-0.4, -0.2) is 24.6 Å². The minimum absolute atomic E-state index is 0.0273. The van der Waals surface area contributed by atoms with Gasteiger partial charge in [-0.2, -0.15) is 13.2 Å². The van der Waals surface area contributed by atoms with Gasteiger partial charge < -0.3 is 10.6 Å². The van der Waals surface area contributed by atoms with Crippen LogP contribution in [0.2, 0.25) is 0 Å². The van der Waals surface area contributed by atoms with E-state index in [1.165, 1.54) is 17.2 Å². The predicted octanol–water partition coefficient (Wildman–Crippen LogP) is 2.91. The molecular formula is C13H20F3N3. The second kappa shape index (κ2) is 6.23. The smallest absolute Gasteiger partial charge is 0.359 e. The summed E-state index contributed by atoms with van der Waals surface area (Å²) in [5.41, 5.74) is 5.19. The molecule has 0 radical (unpaired) electrons. The highest BCUT2D eigenvalue weighted by atomic mass is 19.4. The largest absolute Gasteiger partial charge is 0.419 e. The molecule has 0 aromatic carbocycles.